The zero-order valence-electron chi connectivity index (χ0n) is 14.0. The quantitative estimate of drug-likeness (QED) is 0.794. The molecule has 2 amide bonds. The van der Waals surface area contributed by atoms with Crippen LogP contribution in [0.15, 0.2) is 11.4 Å². The topological polar surface area (TPSA) is 104 Å². The minimum Gasteiger partial charge on any atom is -0.488 e. The number of primary amides is 1. The molecule has 2 aromatic heterocycles. The van der Waals surface area contributed by atoms with Gasteiger partial charge in [0.15, 0.2) is 11.9 Å². The lowest BCUT2D eigenvalue weighted by Crippen LogP contribution is -2.35. The van der Waals surface area contributed by atoms with E-state index in [-0.39, 0.29) is 35.9 Å². The van der Waals surface area contributed by atoms with E-state index in [1.807, 2.05) is 0 Å². The largest absolute Gasteiger partial charge is 0.488 e. The molecule has 7 nitrogen and oxygen atoms in total. The van der Waals surface area contributed by atoms with Crippen LogP contribution in [-0.2, 0) is 4.79 Å². The lowest BCUT2D eigenvalue weighted by molar-refractivity contribution is -0.124. The number of methoxy groups -OCH3 is 1. The van der Waals surface area contributed by atoms with E-state index in [0.717, 1.165) is 17.5 Å². The molecule has 2 aliphatic rings. The highest BCUT2D eigenvalue weighted by Crippen LogP contribution is 2.43. The Balaban J connectivity index is 1.56. The number of nitrogens with one attached hydrogen (secondary N) is 1. The Labute approximate surface area is 152 Å². The molecule has 138 valence electrons. The van der Waals surface area contributed by atoms with Crippen molar-refractivity contribution < 1.29 is 23.5 Å². The van der Waals surface area contributed by atoms with Crippen LogP contribution in [0, 0.1) is 11.8 Å². The predicted octanol–water partition coefficient (Wildman–Crippen LogP) is 1.65. The van der Waals surface area contributed by atoms with E-state index in [9.17, 15) is 14.0 Å². The van der Waals surface area contributed by atoms with Gasteiger partial charge in [0.2, 0.25) is 5.88 Å². The number of amides is 2. The highest BCUT2D eigenvalue weighted by atomic mass is 32.1. The molecule has 4 rings (SSSR count). The van der Waals surface area contributed by atoms with Gasteiger partial charge in [-0.15, -0.1) is 11.3 Å². The fourth-order valence-electron chi connectivity index (χ4n) is 3.47. The Morgan fingerprint density at radius 2 is 2.27 bits per heavy atom. The van der Waals surface area contributed by atoms with Crippen LogP contribution in [0.5, 0.6) is 11.6 Å². The normalized spacial score (nSPS) is 25.3. The molecule has 3 atom stereocenters. The first-order chi connectivity index (χ1) is 12.5. The third-order valence-corrected chi connectivity index (χ3v) is 5.80. The van der Waals surface area contributed by atoms with Gasteiger partial charge < -0.3 is 20.5 Å². The molecule has 1 aliphatic carbocycles. The first-order valence-corrected chi connectivity index (χ1v) is 9.21. The van der Waals surface area contributed by atoms with Gasteiger partial charge >= 0.3 is 0 Å². The van der Waals surface area contributed by atoms with Crippen LogP contribution in [0.3, 0.4) is 0 Å². The summed E-state index contributed by atoms with van der Waals surface area (Å²) >= 11 is 1.36. The van der Waals surface area contributed by atoms with Crippen molar-refractivity contribution in [1.82, 2.24) is 10.3 Å². The van der Waals surface area contributed by atoms with E-state index in [0.29, 0.717) is 11.3 Å². The molecule has 1 aliphatic heterocycles. The summed E-state index contributed by atoms with van der Waals surface area (Å²) in [6.45, 7) is 0.167. The van der Waals surface area contributed by atoms with Crippen LogP contribution < -0.4 is 20.5 Å². The van der Waals surface area contributed by atoms with E-state index in [1.54, 1.807) is 11.4 Å². The van der Waals surface area contributed by atoms with Crippen molar-refractivity contribution in [1.29, 1.82) is 0 Å². The molecule has 3 N–H and O–H groups in total. The molecule has 1 saturated heterocycles. The summed E-state index contributed by atoms with van der Waals surface area (Å²) in [7, 11) is 1.41. The molecule has 9 heteroatoms. The molecule has 0 aromatic carbocycles. The maximum atomic E-state index is 14.1. The fourth-order valence-corrected chi connectivity index (χ4v) is 4.33. The van der Waals surface area contributed by atoms with Crippen molar-refractivity contribution in [3.05, 3.63) is 17.0 Å². The summed E-state index contributed by atoms with van der Waals surface area (Å²) in [5.74, 6) is -0.643. The molecule has 2 fully saturated rings. The van der Waals surface area contributed by atoms with Gasteiger partial charge in [-0.05, 0) is 24.8 Å². The number of carbonyl (C=O) groups is 2. The maximum absolute atomic E-state index is 14.1. The van der Waals surface area contributed by atoms with Gasteiger partial charge in [-0.25, -0.2) is 9.37 Å². The van der Waals surface area contributed by atoms with E-state index >= 15 is 0 Å². The summed E-state index contributed by atoms with van der Waals surface area (Å²) < 4.78 is 25.8. The monoisotopic (exact) mass is 379 g/mol. The molecular weight excluding hydrogens is 361 g/mol. The van der Waals surface area contributed by atoms with Crippen LogP contribution in [0.25, 0.3) is 10.2 Å². The Bertz CT molecular complexity index is 882. The number of hydrogen-bond donors (Lipinski definition) is 2. The number of aromatic nitrogens is 1. The minimum atomic E-state index is -1.47. The fraction of sp³-hybridized carbons (Fsp3) is 0.471. The summed E-state index contributed by atoms with van der Waals surface area (Å²) in [4.78, 5) is 27.5. The standard InChI is InChI=1S/C17H18FN3O4S/c1-24-17-8(15(19)22)4-11-14(21-17)10(6-26-11)25-5-9-12(7-2-3-7)13(18)16(23)20-9/h4,6-7,9,12-13H,2-3,5H2,1H3,(H2,19,22)(H,20,23)/t9?,12?,13-/m1/s1. The number of hydrogen-bond acceptors (Lipinski definition) is 6. The molecule has 0 spiro atoms. The number of ether oxygens (including phenoxy) is 2. The highest BCUT2D eigenvalue weighted by molar-refractivity contribution is 7.17. The van der Waals surface area contributed by atoms with Crippen molar-refractivity contribution in [2.24, 2.45) is 17.6 Å². The van der Waals surface area contributed by atoms with E-state index in [2.05, 4.69) is 10.3 Å². The zero-order chi connectivity index (χ0) is 18.4. The van der Waals surface area contributed by atoms with Crippen LogP contribution in [0.4, 0.5) is 4.39 Å². The number of carbonyl (C=O) groups excluding carboxylic acids is 2. The van der Waals surface area contributed by atoms with Gasteiger partial charge in [0.1, 0.15) is 17.7 Å². The van der Waals surface area contributed by atoms with Gasteiger partial charge in [-0.3, -0.25) is 9.59 Å². The summed E-state index contributed by atoms with van der Waals surface area (Å²) in [5, 5.41) is 4.45. The first kappa shape index (κ1) is 17.0. The maximum Gasteiger partial charge on any atom is 0.255 e. The van der Waals surface area contributed by atoms with Crippen molar-refractivity contribution >= 4 is 33.4 Å². The average molecular weight is 379 g/mol. The Morgan fingerprint density at radius 1 is 1.50 bits per heavy atom. The average Bonchev–Trinajstić information content (AvgIpc) is 3.31. The summed E-state index contributed by atoms with van der Waals surface area (Å²) in [6.07, 6.45) is 0.436. The second-order valence-electron chi connectivity index (χ2n) is 6.60. The third-order valence-electron chi connectivity index (χ3n) is 4.90. The summed E-state index contributed by atoms with van der Waals surface area (Å²) in [5.41, 5.74) is 6.09. The van der Waals surface area contributed by atoms with Crippen LogP contribution in [0.2, 0.25) is 0 Å². The Morgan fingerprint density at radius 3 is 2.92 bits per heavy atom. The lowest BCUT2D eigenvalue weighted by Gasteiger charge is -2.19. The summed E-state index contributed by atoms with van der Waals surface area (Å²) in [6, 6.07) is 1.26. The van der Waals surface area contributed by atoms with E-state index in [4.69, 9.17) is 15.2 Å². The number of thiophene rings is 1. The van der Waals surface area contributed by atoms with Crippen molar-refractivity contribution in [3.8, 4) is 11.6 Å². The van der Waals surface area contributed by atoms with Gasteiger partial charge in [-0.2, -0.15) is 0 Å². The van der Waals surface area contributed by atoms with Crippen molar-refractivity contribution in [2.75, 3.05) is 13.7 Å². The van der Waals surface area contributed by atoms with E-state index in [1.165, 1.54) is 18.4 Å². The van der Waals surface area contributed by atoms with Crippen LogP contribution >= 0.6 is 11.3 Å². The van der Waals surface area contributed by atoms with Gasteiger partial charge in [-0.1, -0.05) is 0 Å². The van der Waals surface area contributed by atoms with Gasteiger partial charge in [0.25, 0.3) is 11.8 Å². The second-order valence-corrected chi connectivity index (χ2v) is 7.51. The molecule has 2 aromatic rings. The lowest BCUT2D eigenvalue weighted by atomic mass is 9.94. The van der Waals surface area contributed by atoms with Gasteiger partial charge in [0.05, 0.1) is 17.9 Å². The number of alkyl halides is 1. The number of nitrogens with two attached hydrogens (primary N) is 1. The zero-order valence-corrected chi connectivity index (χ0v) is 14.8. The number of nitrogens with zero attached hydrogens (tertiary/aromatic N) is 1. The molecule has 0 radical (unpaired) electrons. The predicted molar refractivity (Wildman–Crippen MR) is 93.2 cm³/mol. The van der Waals surface area contributed by atoms with Gasteiger partial charge in [0, 0.05) is 11.3 Å². The SMILES string of the molecule is COc1nc2c(OCC3NC(=O)[C@H](F)C3C3CC3)csc2cc1C(N)=O. The van der Waals surface area contributed by atoms with E-state index < -0.39 is 18.0 Å². The van der Waals surface area contributed by atoms with Crippen LogP contribution in [0.1, 0.15) is 23.2 Å². The first-order valence-electron chi connectivity index (χ1n) is 8.33. The van der Waals surface area contributed by atoms with Crippen LogP contribution in [-0.4, -0.2) is 42.7 Å². The molecular formula is C17H18FN3O4S. The minimum absolute atomic E-state index is 0.127. The smallest absolute Gasteiger partial charge is 0.255 e. The number of halogens is 1. The Kier molecular flexibility index (Phi) is 4.18. The number of fused-ring (bicyclic) bond motifs is 1. The highest BCUT2D eigenvalue weighted by Gasteiger charge is 2.50. The molecule has 3 heterocycles. The molecule has 2 unspecified atom stereocenters. The third kappa shape index (κ3) is 2.86. The molecule has 26 heavy (non-hydrogen) atoms. The Hall–Kier alpha value is -2.42. The second kappa shape index (κ2) is 6.39. The number of pyridine rings is 1. The van der Waals surface area contributed by atoms with Crippen molar-refractivity contribution in [2.45, 2.75) is 25.1 Å². The molecule has 0 bridgehead atoms. The molecule has 1 saturated carbocycles. The number of rotatable bonds is 6. The van der Waals surface area contributed by atoms with Crippen molar-refractivity contribution in [3.63, 3.8) is 0 Å².